The molecule has 0 amide bonds. The van der Waals surface area contributed by atoms with Crippen LogP contribution >= 0.6 is 15.9 Å². The van der Waals surface area contributed by atoms with E-state index in [0.717, 1.165) is 12.1 Å². The summed E-state index contributed by atoms with van der Waals surface area (Å²) in [7, 11) is 0. The van der Waals surface area contributed by atoms with Crippen LogP contribution in [0.4, 0.5) is 20.2 Å². The standard InChI is InChI=1S/C14H10BrF2N3/c1-7-3-13(9(6-18)8(2)19-7)20-14-5-11(16)10(15)4-12(14)17/h3-5H,1-2H3,(H,19,20). The molecule has 0 radical (unpaired) electrons. The first-order chi connectivity index (χ1) is 9.42. The minimum absolute atomic E-state index is 0.0350. The number of pyridine rings is 1. The topological polar surface area (TPSA) is 48.7 Å². The van der Waals surface area contributed by atoms with Crippen LogP contribution < -0.4 is 5.32 Å². The maximum atomic E-state index is 13.8. The second kappa shape index (κ2) is 5.55. The van der Waals surface area contributed by atoms with Gasteiger partial charge in [0.25, 0.3) is 0 Å². The molecule has 0 aliphatic heterocycles. The zero-order chi connectivity index (χ0) is 14.9. The molecule has 0 fully saturated rings. The molecule has 1 N–H and O–H groups in total. The van der Waals surface area contributed by atoms with E-state index >= 15 is 0 Å². The van der Waals surface area contributed by atoms with E-state index < -0.39 is 11.6 Å². The number of aryl methyl sites for hydroxylation is 2. The normalized spacial score (nSPS) is 10.2. The predicted octanol–water partition coefficient (Wildman–Crippen LogP) is 4.35. The second-order valence-electron chi connectivity index (χ2n) is 4.25. The van der Waals surface area contributed by atoms with Crippen LogP contribution in [0.15, 0.2) is 22.7 Å². The molecule has 0 saturated carbocycles. The van der Waals surface area contributed by atoms with Gasteiger partial charge in [0.05, 0.1) is 27.1 Å². The highest BCUT2D eigenvalue weighted by atomic mass is 79.9. The van der Waals surface area contributed by atoms with Crippen molar-refractivity contribution in [1.29, 1.82) is 5.26 Å². The van der Waals surface area contributed by atoms with Crippen LogP contribution in [0.3, 0.4) is 0 Å². The van der Waals surface area contributed by atoms with Gasteiger partial charge in [0.15, 0.2) is 0 Å². The molecule has 0 spiro atoms. The number of hydrogen-bond acceptors (Lipinski definition) is 3. The Labute approximate surface area is 123 Å². The zero-order valence-electron chi connectivity index (χ0n) is 10.8. The molecule has 1 aromatic heterocycles. The average molecular weight is 338 g/mol. The molecule has 1 heterocycles. The summed E-state index contributed by atoms with van der Waals surface area (Å²) >= 11 is 2.91. The summed E-state index contributed by atoms with van der Waals surface area (Å²) in [6.45, 7) is 3.45. The lowest BCUT2D eigenvalue weighted by atomic mass is 10.1. The predicted molar refractivity (Wildman–Crippen MR) is 75.8 cm³/mol. The van der Waals surface area contributed by atoms with Crippen molar-refractivity contribution in [2.75, 3.05) is 5.32 Å². The molecule has 102 valence electrons. The second-order valence-corrected chi connectivity index (χ2v) is 5.11. The molecule has 0 bridgehead atoms. The van der Waals surface area contributed by atoms with Crippen LogP contribution in [0.1, 0.15) is 17.0 Å². The summed E-state index contributed by atoms with van der Waals surface area (Å²) in [6.07, 6.45) is 0. The Morgan fingerprint density at radius 3 is 2.50 bits per heavy atom. The molecule has 0 aliphatic carbocycles. The fourth-order valence-electron chi connectivity index (χ4n) is 1.83. The Morgan fingerprint density at radius 1 is 1.15 bits per heavy atom. The van der Waals surface area contributed by atoms with Gasteiger partial charge in [0, 0.05) is 11.8 Å². The van der Waals surface area contributed by atoms with Crippen molar-refractivity contribution in [2.45, 2.75) is 13.8 Å². The van der Waals surface area contributed by atoms with Crippen LogP contribution in [0.5, 0.6) is 0 Å². The van der Waals surface area contributed by atoms with Gasteiger partial charge in [0.2, 0.25) is 0 Å². The third kappa shape index (κ3) is 2.78. The van der Waals surface area contributed by atoms with E-state index in [-0.39, 0.29) is 10.2 Å². The van der Waals surface area contributed by atoms with Crippen LogP contribution in [-0.4, -0.2) is 4.98 Å². The largest absolute Gasteiger partial charge is 0.352 e. The van der Waals surface area contributed by atoms with Crippen molar-refractivity contribution in [2.24, 2.45) is 0 Å². The van der Waals surface area contributed by atoms with Gasteiger partial charge >= 0.3 is 0 Å². The number of halogens is 3. The summed E-state index contributed by atoms with van der Waals surface area (Å²) in [5.74, 6) is -1.20. The molecule has 6 heteroatoms. The van der Waals surface area contributed by atoms with Gasteiger partial charge in [-0.25, -0.2) is 8.78 Å². The fraction of sp³-hybridized carbons (Fsp3) is 0.143. The number of nitrogens with zero attached hydrogens (tertiary/aromatic N) is 2. The number of hydrogen-bond donors (Lipinski definition) is 1. The third-order valence-corrected chi connectivity index (χ3v) is 3.33. The van der Waals surface area contributed by atoms with Crippen molar-refractivity contribution >= 4 is 27.3 Å². The Bertz CT molecular complexity index is 723. The quantitative estimate of drug-likeness (QED) is 0.828. The molecular weight excluding hydrogens is 328 g/mol. The Balaban J connectivity index is 2.51. The molecule has 1 aromatic carbocycles. The number of nitrogens with one attached hydrogen (secondary N) is 1. The molecule has 20 heavy (non-hydrogen) atoms. The van der Waals surface area contributed by atoms with Gasteiger partial charge in [-0.15, -0.1) is 0 Å². The van der Waals surface area contributed by atoms with Crippen LogP contribution in [0, 0.1) is 36.8 Å². The van der Waals surface area contributed by atoms with E-state index in [2.05, 4.69) is 26.2 Å². The molecule has 0 saturated heterocycles. The van der Waals surface area contributed by atoms with E-state index in [1.54, 1.807) is 19.9 Å². The van der Waals surface area contributed by atoms with Crippen molar-refractivity contribution < 1.29 is 8.78 Å². The van der Waals surface area contributed by atoms with Gasteiger partial charge in [-0.05, 0) is 41.9 Å². The fourth-order valence-corrected chi connectivity index (χ4v) is 2.15. The van der Waals surface area contributed by atoms with E-state index in [4.69, 9.17) is 5.26 Å². The van der Waals surface area contributed by atoms with E-state index in [0.29, 0.717) is 22.6 Å². The van der Waals surface area contributed by atoms with Gasteiger partial charge in [0.1, 0.15) is 17.7 Å². The van der Waals surface area contributed by atoms with Crippen molar-refractivity contribution in [3.8, 4) is 6.07 Å². The molecule has 2 rings (SSSR count). The first-order valence-electron chi connectivity index (χ1n) is 5.72. The summed E-state index contributed by atoms with van der Waals surface area (Å²) in [4.78, 5) is 4.16. The maximum Gasteiger partial charge on any atom is 0.147 e. The first kappa shape index (κ1) is 14.4. The lowest BCUT2D eigenvalue weighted by Crippen LogP contribution is -2.01. The van der Waals surface area contributed by atoms with Crippen LogP contribution in [0.2, 0.25) is 0 Å². The molecule has 2 aromatic rings. The number of anilines is 2. The lowest BCUT2D eigenvalue weighted by Gasteiger charge is -2.12. The average Bonchev–Trinajstić information content (AvgIpc) is 2.35. The van der Waals surface area contributed by atoms with Crippen LogP contribution in [-0.2, 0) is 0 Å². The maximum absolute atomic E-state index is 13.8. The Kier molecular flexibility index (Phi) is 4.00. The summed E-state index contributed by atoms with van der Waals surface area (Å²) in [5.41, 5.74) is 1.89. The molecular formula is C14H10BrF2N3. The van der Waals surface area contributed by atoms with Gasteiger partial charge in [-0.3, -0.25) is 4.98 Å². The Morgan fingerprint density at radius 2 is 1.85 bits per heavy atom. The van der Waals surface area contributed by atoms with Crippen molar-refractivity contribution in [1.82, 2.24) is 4.98 Å². The third-order valence-electron chi connectivity index (χ3n) is 2.72. The molecule has 0 unspecified atom stereocenters. The number of benzene rings is 1. The highest BCUT2D eigenvalue weighted by Gasteiger charge is 2.12. The van der Waals surface area contributed by atoms with E-state index in [1.807, 2.05) is 6.07 Å². The van der Waals surface area contributed by atoms with E-state index in [1.165, 1.54) is 0 Å². The number of aromatic nitrogens is 1. The van der Waals surface area contributed by atoms with E-state index in [9.17, 15) is 8.78 Å². The molecule has 0 atom stereocenters. The van der Waals surface area contributed by atoms with Gasteiger partial charge < -0.3 is 5.32 Å². The highest BCUT2D eigenvalue weighted by Crippen LogP contribution is 2.28. The summed E-state index contributed by atoms with van der Waals surface area (Å²) in [6, 6.07) is 5.69. The van der Waals surface area contributed by atoms with Gasteiger partial charge in [-0.2, -0.15) is 5.26 Å². The summed E-state index contributed by atoms with van der Waals surface area (Å²) < 4.78 is 27.3. The number of nitriles is 1. The van der Waals surface area contributed by atoms with Gasteiger partial charge in [-0.1, -0.05) is 0 Å². The van der Waals surface area contributed by atoms with Crippen molar-refractivity contribution in [3.63, 3.8) is 0 Å². The molecule has 3 nitrogen and oxygen atoms in total. The monoisotopic (exact) mass is 337 g/mol. The smallest absolute Gasteiger partial charge is 0.147 e. The zero-order valence-corrected chi connectivity index (χ0v) is 12.3. The minimum atomic E-state index is -0.616. The SMILES string of the molecule is Cc1cc(Nc2cc(F)c(Br)cc2F)c(C#N)c(C)n1. The highest BCUT2D eigenvalue weighted by molar-refractivity contribution is 9.10. The number of rotatable bonds is 2. The molecule has 0 aliphatic rings. The van der Waals surface area contributed by atoms with Crippen LogP contribution in [0.25, 0.3) is 0 Å². The van der Waals surface area contributed by atoms with Crippen molar-refractivity contribution in [3.05, 3.63) is 51.3 Å². The summed E-state index contributed by atoms with van der Waals surface area (Å²) in [5, 5.41) is 11.9. The Hall–Kier alpha value is -2.00. The first-order valence-corrected chi connectivity index (χ1v) is 6.51. The minimum Gasteiger partial charge on any atom is -0.352 e. The lowest BCUT2D eigenvalue weighted by molar-refractivity contribution is 0.598.